The first kappa shape index (κ1) is 20.7. The van der Waals surface area contributed by atoms with Gasteiger partial charge in [-0.2, -0.15) is 5.10 Å². The fourth-order valence-electron chi connectivity index (χ4n) is 2.51. The SMILES string of the molecule is CNC(C(=O)NCC(C(=O)OC)c1ccccc1)c1cnn(C)c1.Cl. The van der Waals surface area contributed by atoms with Crippen molar-refractivity contribution in [2.24, 2.45) is 7.05 Å². The Kier molecular flexibility index (Phi) is 8.10. The lowest BCUT2D eigenvalue weighted by atomic mass is 9.99. The van der Waals surface area contributed by atoms with E-state index in [4.69, 9.17) is 4.74 Å². The van der Waals surface area contributed by atoms with Gasteiger partial charge >= 0.3 is 5.97 Å². The molecule has 0 bridgehead atoms. The molecular formula is C17H23ClN4O3. The van der Waals surface area contributed by atoms with Crippen LogP contribution in [0.1, 0.15) is 23.1 Å². The molecule has 7 nitrogen and oxygen atoms in total. The van der Waals surface area contributed by atoms with E-state index in [2.05, 4.69) is 15.7 Å². The zero-order valence-electron chi connectivity index (χ0n) is 14.4. The number of hydrogen-bond acceptors (Lipinski definition) is 5. The van der Waals surface area contributed by atoms with Gasteiger partial charge in [0, 0.05) is 25.4 Å². The number of ether oxygens (including phenoxy) is 1. The molecule has 0 saturated carbocycles. The van der Waals surface area contributed by atoms with Gasteiger partial charge in [0.05, 0.1) is 19.2 Å². The highest BCUT2D eigenvalue weighted by molar-refractivity contribution is 5.85. The molecular weight excluding hydrogens is 344 g/mol. The van der Waals surface area contributed by atoms with Crippen LogP contribution in [0.5, 0.6) is 0 Å². The van der Waals surface area contributed by atoms with Crippen molar-refractivity contribution in [2.45, 2.75) is 12.0 Å². The van der Waals surface area contributed by atoms with E-state index in [1.54, 1.807) is 31.2 Å². The van der Waals surface area contributed by atoms with Crippen molar-refractivity contribution in [3.05, 3.63) is 53.9 Å². The standard InChI is InChI=1S/C17H22N4O3.ClH/c1-18-15(13-9-20-21(2)11-13)16(22)19-10-14(17(23)24-3)12-7-5-4-6-8-12;/h4-9,11,14-15,18H,10H2,1-3H3,(H,19,22);1H. The maximum absolute atomic E-state index is 12.5. The number of benzene rings is 1. The first-order valence-electron chi connectivity index (χ1n) is 7.63. The van der Waals surface area contributed by atoms with E-state index in [0.29, 0.717) is 0 Å². The Bertz CT molecular complexity index is 690. The van der Waals surface area contributed by atoms with E-state index in [-0.39, 0.29) is 30.8 Å². The topological polar surface area (TPSA) is 85.2 Å². The molecule has 2 N–H and O–H groups in total. The number of carbonyl (C=O) groups excluding carboxylic acids is 2. The molecule has 0 radical (unpaired) electrons. The third-order valence-electron chi connectivity index (χ3n) is 3.78. The molecule has 8 heteroatoms. The van der Waals surface area contributed by atoms with E-state index in [1.807, 2.05) is 30.3 Å². The Hall–Kier alpha value is -2.38. The Morgan fingerprint density at radius 3 is 2.44 bits per heavy atom. The molecule has 0 aliphatic carbocycles. The van der Waals surface area contributed by atoms with Crippen molar-refractivity contribution < 1.29 is 14.3 Å². The van der Waals surface area contributed by atoms with Crippen LogP contribution in [0.25, 0.3) is 0 Å². The highest BCUT2D eigenvalue weighted by Crippen LogP contribution is 2.17. The van der Waals surface area contributed by atoms with Gasteiger partial charge in [0.25, 0.3) is 0 Å². The Balaban J connectivity index is 0.00000312. The molecule has 2 atom stereocenters. The minimum absolute atomic E-state index is 0. The van der Waals surface area contributed by atoms with Gasteiger partial charge in [-0.15, -0.1) is 12.4 Å². The number of esters is 1. The highest BCUT2D eigenvalue weighted by atomic mass is 35.5. The minimum Gasteiger partial charge on any atom is -0.468 e. The van der Waals surface area contributed by atoms with E-state index >= 15 is 0 Å². The van der Waals surface area contributed by atoms with Crippen LogP contribution in [0.3, 0.4) is 0 Å². The van der Waals surface area contributed by atoms with Crippen LogP contribution in [-0.4, -0.2) is 42.4 Å². The number of likely N-dealkylation sites (N-methyl/N-ethyl adjacent to an activating group) is 1. The lowest BCUT2D eigenvalue weighted by Gasteiger charge is -2.19. The number of rotatable bonds is 7. The fourth-order valence-corrected chi connectivity index (χ4v) is 2.51. The summed E-state index contributed by atoms with van der Waals surface area (Å²) < 4.78 is 6.49. The number of aryl methyl sites for hydroxylation is 1. The summed E-state index contributed by atoms with van der Waals surface area (Å²) in [6.07, 6.45) is 3.41. The van der Waals surface area contributed by atoms with Gasteiger partial charge in [-0.1, -0.05) is 30.3 Å². The third-order valence-corrected chi connectivity index (χ3v) is 3.78. The Morgan fingerprint density at radius 2 is 1.92 bits per heavy atom. The van der Waals surface area contributed by atoms with Crippen molar-refractivity contribution in [3.8, 4) is 0 Å². The molecule has 136 valence electrons. The van der Waals surface area contributed by atoms with Gasteiger partial charge < -0.3 is 15.4 Å². The summed E-state index contributed by atoms with van der Waals surface area (Å²) in [5.41, 5.74) is 1.55. The maximum atomic E-state index is 12.5. The molecule has 0 saturated heterocycles. The molecule has 2 aromatic rings. The smallest absolute Gasteiger partial charge is 0.314 e. The van der Waals surface area contributed by atoms with Gasteiger partial charge in [0.15, 0.2) is 0 Å². The van der Waals surface area contributed by atoms with Crippen LogP contribution in [-0.2, 0) is 21.4 Å². The molecule has 1 heterocycles. The zero-order chi connectivity index (χ0) is 17.5. The van der Waals surface area contributed by atoms with Crippen LogP contribution in [0.15, 0.2) is 42.7 Å². The fraction of sp³-hybridized carbons (Fsp3) is 0.353. The second-order valence-electron chi connectivity index (χ2n) is 5.40. The molecule has 1 aromatic heterocycles. The van der Waals surface area contributed by atoms with E-state index in [9.17, 15) is 9.59 Å². The summed E-state index contributed by atoms with van der Waals surface area (Å²) >= 11 is 0. The number of nitrogens with zero attached hydrogens (tertiary/aromatic N) is 2. The van der Waals surface area contributed by atoms with Gasteiger partial charge in [-0.05, 0) is 12.6 Å². The van der Waals surface area contributed by atoms with Gasteiger partial charge in [-0.3, -0.25) is 14.3 Å². The largest absolute Gasteiger partial charge is 0.468 e. The Labute approximate surface area is 153 Å². The monoisotopic (exact) mass is 366 g/mol. The quantitative estimate of drug-likeness (QED) is 0.719. The van der Waals surface area contributed by atoms with Crippen molar-refractivity contribution in [3.63, 3.8) is 0 Å². The molecule has 1 aromatic carbocycles. The second kappa shape index (κ2) is 9.80. The predicted molar refractivity (Wildman–Crippen MR) is 96.5 cm³/mol. The number of halogens is 1. The maximum Gasteiger partial charge on any atom is 0.314 e. The summed E-state index contributed by atoms with van der Waals surface area (Å²) in [5.74, 6) is -1.16. The minimum atomic E-state index is -0.549. The van der Waals surface area contributed by atoms with Crippen LogP contribution < -0.4 is 10.6 Å². The number of amides is 1. The summed E-state index contributed by atoms with van der Waals surface area (Å²) in [7, 11) is 4.83. The molecule has 0 aliphatic heterocycles. The van der Waals surface area contributed by atoms with Gasteiger partial charge in [0.2, 0.25) is 5.91 Å². The van der Waals surface area contributed by atoms with Crippen LogP contribution in [0.4, 0.5) is 0 Å². The van der Waals surface area contributed by atoms with Crippen molar-refractivity contribution in [2.75, 3.05) is 20.7 Å². The number of aromatic nitrogens is 2. The summed E-state index contributed by atoms with van der Waals surface area (Å²) in [6, 6.07) is 8.70. The lowest BCUT2D eigenvalue weighted by Crippen LogP contribution is -2.39. The number of hydrogen-bond donors (Lipinski definition) is 2. The lowest BCUT2D eigenvalue weighted by molar-refractivity contribution is -0.142. The van der Waals surface area contributed by atoms with Crippen LogP contribution >= 0.6 is 12.4 Å². The first-order valence-corrected chi connectivity index (χ1v) is 7.63. The summed E-state index contributed by atoms with van der Waals surface area (Å²) in [4.78, 5) is 24.5. The second-order valence-corrected chi connectivity index (χ2v) is 5.40. The van der Waals surface area contributed by atoms with E-state index < -0.39 is 12.0 Å². The number of carbonyl (C=O) groups is 2. The van der Waals surface area contributed by atoms with Crippen LogP contribution in [0.2, 0.25) is 0 Å². The molecule has 1 amide bonds. The van der Waals surface area contributed by atoms with Gasteiger partial charge in [0.1, 0.15) is 6.04 Å². The molecule has 2 rings (SSSR count). The Morgan fingerprint density at radius 1 is 1.24 bits per heavy atom. The van der Waals surface area contributed by atoms with E-state index in [1.165, 1.54) is 7.11 Å². The zero-order valence-corrected chi connectivity index (χ0v) is 15.2. The molecule has 2 unspecified atom stereocenters. The van der Waals surface area contributed by atoms with Crippen LogP contribution in [0, 0.1) is 0 Å². The summed E-state index contributed by atoms with van der Waals surface area (Å²) in [5, 5.41) is 9.85. The average Bonchev–Trinajstić information content (AvgIpc) is 3.02. The average molecular weight is 367 g/mol. The molecule has 0 aliphatic rings. The molecule has 0 fully saturated rings. The summed E-state index contributed by atoms with van der Waals surface area (Å²) in [6.45, 7) is 0.161. The number of methoxy groups -OCH3 is 1. The van der Waals surface area contributed by atoms with E-state index in [0.717, 1.165) is 11.1 Å². The van der Waals surface area contributed by atoms with Crippen molar-refractivity contribution in [1.82, 2.24) is 20.4 Å². The molecule has 25 heavy (non-hydrogen) atoms. The number of nitrogens with one attached hydrogen (secondary N) is 2. The molecule has 0 spiro atoms. The van der Waals surface area contributed by atoms with Crippen molar-refractivity contribution >= 4 is 24.3 Å². The van der Waals surface area contributed by atoms with Crippen molar-refractivity contribution in [1.29, 1.82) is 0 Å². The predicted octanol–water partition coefficient (Wildman–Crippen LogP) is 1.18. The third kappa shape index (κ3) is 5.30. The highest BCUT2D eigenvalue weighted by Gasteiger charge is 2.25. The van der Waals surface area contributed by atoms with Gasteiger partial charge in [-0.25, -0.2) is 0 Å². The normalized spacial score (nSPS) is 12.6. The first-order chi connectivity index (χ1) is 11.6.